The van der Waals surface area contributed by atoms with Gasteiger partial charge in [-0.2, -0.15) is 4.31 Å². The van der Waals surface area contributed by atoms with Gasteiger partial charge in [-0.1, -0.05) is 18.2 Å². The van der Waals surface area contributed by atoms with Gasteiger partial charge >= 0.3 is 5.97 Å². The van der Waals surface area contributed by atoms with Crippen molar-refractivity contribution in [1.82, 2.24) is 9.29 Å². The van der Waals surface area contributed by atoms with E-state index in [1.54, 1.807) is 24.3 Å². The topological polar surface area (TPSA) is 124 Å². The number of methoxy groups -OCH3 is 1. The largest absolute Gasteiger partial charge is 0.465 e. The first-order valence-electron chi connectivity index (χ1n) is 10.7. The Hall–Kier alpha value is -3.80. The number of rotatable bonds is 7. The summed E-state index contributed by atoms with van der Waals surface area (Å²) >= 11 is 0. The van der Waals surface area contributed by atoms with Crippen molar-refractivity contribution in [1.29, 1.82) is 0 Å². The lowest BCUT2D eigenvalue weighted by Crippen LogP contribution is -2.40. The first-order chi connectivity index (χ1) is 16.9. The lowest BCUT2D eigenvalue weighted by Gasteiger charge is -2.26. The molecule has 3 aromatic rings. The lowest BCUT2D eigenvalue weighted by molar-refractivity contribution is 0.0599. The number of hydrogen-bond acceptors (Lipinski definition) is 8. The van der Waals surface area contributed by atoms with Gasteiger partial charge in [0.2, 0.25) is 10.0 Å². The molecule has 1 amide bonds. The number of aromatic nitrogens is 1. The van der Waals surface area contributed by atoms with Crippen LogP contribution in [0.2, 0.25) is 0 Å². The van der Waals surface area contributed by atoms with Crippen LogP contribution in [0.5, 0.6) is 11.5 Å². The zero-order valence-electron chi connectivity index (χ0n) is 18.8. The number of para-hydroxylation sites is 1. The van der Waals surface area contributed by atoms with E-state index in [4.69, 9.17) is 9.47 Å². The third-order valence-corrected chi connectivity index (χ3v) is 7.09. The van der Waals surface area contributed by atoms with Crippen molar-refractivity contribution >= 4 is 27.6 Å². The van der Waals surface area contributed by atoms with Crippen LogP contribution in [0.15, 0.2) is 71.8 Å². The molecule has 1 N–H and O–H groups in total. The van der Waals surface area contributed by atoms with Gasteiger partial charge in [0.05, 0.1) is 36.5 Å². The van der Waals surface area contributed by atoms with Gasteiger partial charge in [0.15, 0.2) is 5.75 Å². The third-order valence-electron chi connectivity index (χ3n) is 5.20. The Morgan fingerprint density at radius 1 is 1.03 bits per heavy atom. The van der Waals surface area contributed by atoms with E-state index in [0.29, 0.717) is 19.0 Å². The number of anilines is 1. The van der Waals surface area contributed by atoms with Crippen LogP contribution in [0.25, 0.3) is 0 Å². The molecule has 1 aliphatic rings. The van der Waals surface area contributed by atoms with Gasteiger partial charge in [-0.3, -0.25) is 9.78 Å². The minimum absolute atomic E-state index is 0.00381. The van der Waals surface area contributed by atoms with E-state index in [0.717, 1.165) is 0 Å². The smallest absolute Gasteiger partial charge is 0.339 e. The molecular formula is C24H23N3O7S. The van der Waals surface area contributed by atoms with Crippen LogP contribution in [0.1, 0.15) is 20.8 Å². The summed E-state index contributed by atoms with van der Waals surface area (Å²) in [7, 11) is -2.57. The molecule has 4 rings (SSSR count). The number of amides is 1. The van der Waals surface area contributed by atoms with Crippen LogP contribution in [0.4, 0.5) is 5.69 Å². The lowest BCUT2D eigenvalue weighted by atomic mass is 10.2. The molecule has 10 nitrogen and oxygen atoms in total. The highest BCUT2D eigenvalue weighted by Crippen LogP contribution is 2.33. The molecule has 1 saturated heterocycles. The molecular weight excluding hydrogens is 474 g/mol. The summed E-state index contributed by atoms with van der Waals surface area (Å²) in [5.74, 6) is -0.437. The number of ether oxygens (including phenoxy) is 3. The van der Waals surface area contributed by atoms with Crippen molar-refractivity contribution < 1.29 is 32.2 Å². The molecule has 2 heterocycles. The van der Waals surface area contributed by atoms with Gasteiger partial charge in [0.25, 0.3) is 5.91 Å². The summed E-state index contributed by atoms with van der Waals surface area (Å²) in [5.41, 5.74) is 0.354. The van der Waals surface area contributed by atoms with Gasteiger partial charge in [-0.15, -0.1) is 0 Å². The van der Waals surface area contributed by atoms with Crippen LogP contribution in [-0.2, 0) is 19.5 Å². The number of nitrogens with one attached hydrogen (secondary N) is 1. The minimum atomic E-state index is -3.81. The summed E-state index contributed by atoms with van der Waals surface area (Å²) in [4.78, 5) is 28.5. The van der Waals surface area contributed by atoms with E-state index in [-0.39, 0.29) is 40.7 Å². The van der Waals surface area contributed by atoms with Gasteiger partial charge in [-0.25, -0.2) is 13.2 Å². The number of benzene rings is 2. The highest BCUT2D eigenvalue weighted by molar-refractivity contribution is 7.89. The molecule has 182 valence electrons. The van der Waals surface area contributed by atoms with Crippen molar-refractivity contribution in [3.8, 4) is 11.5 Å². The third kappa shape index (κ3) is 5.65. The molecule has 0 radical (unpaired) electrons. The molecule has 2 aromatic carbocycles. The summed E-state index contributed by atoms with van der Waals surface area (Å²) in [6.07, 6.45) is 1.22. The van der Waals surface area contributed by atoms with Crippen molar-refractivity contribution in [3.05, 3.63) is 78.1 Å². The molecule has 0 aliphatic carbocycles. The summed E-state index contributed by atoms with van der Waals surface area (Å²) in [6.45, 7) is 1.10. The number of pyridine rings is 1. The first kappa shape index (κ1) is 24.3. The van der Waals surface area contributed by atoms with Crippen molar-refractivity contribution in [2.75, 3.05) is 38.7 Å². The number of esters is 1. The van der Waals surface area contributed by atoms with Gasteiger partial charge in [0.1, 0.15) is 11.4 Å². The second-order valence-electron chi connectivity index (χ2n) is 7.47. The molecule has 1 aromatic heterocycles. The monoisotopic (exact) mass is 497 g/mol. The maximum atomic E-state index is 13.2. The van der Waals surface area contributed by atoms with Crippen LogP contribution >= 0.6 is 0 Å². The standard InChI is InChI=1S/C24H23N3O7S/c1-32-24(29)17-7-9-20(25-16-17)23(28)26-21-15-19(35(30,31)27-11-13-33-14-12-27)8-10-22(21)34-18-5-3-2-4-6-18/h2-10,15-16H,11-14H2,1H3,(H,26,28). The first-order valence-corrected chi connectivity index (χ1v) is 12.1. The van der Waals surface area contributed by atoms with Crippen LogP contribution in [0.3, 0.4) is 0 Å². The molecule has 0 bridgehead atoms. The Kier molecular flexibility index (Phi) is 7.39. The molecule has 1 fully saturated rings. The Morgan fingerprint density at radius 3 is 2.43 bits per heavy atom. The molecule has 0 atom stereocenters. The molecule has 11 heteroatoms. The summed E-state index contributed by atoms with van der Waals surface area (Å²) in [6, 6.07) is 15.9. The predicted octanol–water partition coefficient (Wildman–Crippen LogP) is 2.93. The Bertz CT molecular complexity index is 1310. The Labute approximate surface area is 202 Å². The highest BCUT2D eigenvalue weighted by atomic mass is 32.2. The molecule has 0 unspecified atom stereocenters. The zero-order valence-corrected chi connectivity index (χ0v) is 19.7. The fraction of sp³-hybridized carbons (Fsp3) is 0.208. The summed E-state index contributed by atoms with van der Waals surface area (Å²) < 4.78 is 43.4. The van der Waals surface area contributed by atoms with E-state index in [9.17, 15) is 18.0 Å². The predicted molar refractivity (Wildman–Crippen MR) is 126 cm³/mol. The van der Waals surface area contributed by atoms with Crippen LogP contribution in [0, 0.1) is 0 Å². The number of morpholine rings is 1. The minimum Gasteiger partial charge on any atom is -0.465 e. The molecule has 1 aliphatic heterocycles. The number of nitrogens with zero attached hydrogens (tertiary/aromatic N) is 2. The maximum Gasteiger partial charge on any atom is 0.339 e. The highest BCUT2D eigenvalue weighted by Gasteiger charge is 2.27. The second-order valence-corrected chi connectivity index (χ2v) is 9.41. The second kappa shape index (κ2) is 10.6. The van der Waals surface area contributed by atoms with Crippen LogP contribution < -0.4 is 10.1 Å². The molecule has 35 heavy (non-hydrogen) atoms. The number of carbonyl (C=O) groups excluding carboxylic acids is 2. The quantitative estimate of drug-likeness (QED) is 0.494. The van der Waals surface area contributed by atoms with Gasteiger partial charge in [-0.05, 0) is 42.5 Å². The zero-order chi connectivity index (χ0) is 24.8. The maximum absolute atomic E-state index is 13.2. The average Bonchev–Trinajstić information content (AvgIpc) is 2.90. The normalized spacial score (nSPS) is 14.2. The fourth-order valence-electron chi connectivity index (χ4n) is 3.36. The summed E-state index contributed by atoms with van der Waals surface area (Å²) in [5, 5.41) is 2.67. The number of hydrogen-bond donors (Lipinski definition) is 1. The number of sulfonamides is 1. The number of carbonyl (C=O) groups is 2. The van der Waals surface area contributed by atoms with Crippen LogP contribution in [-0.4, -0.2) is 63.0 Å². The van der Waals surface area contributed by atoms with E-state index >= 15 is 0 Å². The van der Waals surface area contributed by atoms with E-state index in [1.165, 1.54) is 47.9 Å². The van der Waals surface area contributed by atoms with Crippen molar-refractivity contribution in [2.24, 2.45) is 0 Å². The molecule has 0 spiro atoms. The van der Waals surface area contributed by atoms with Gasteiger partial charge < -0.3 is 19.5 Å². The van der Waals surface area contributed by atoms with E-state index < -0.39 is 21.9 Å². The fourth-order valence-corrected chi connectivity index (χ4v) is 4.80. The Morgan fingerprint density at radius 2 is 1.77 bits per heavy atom. The molecule has 0 saturated carbocycles. The average molecular weight is 498 g/mol. The van der Waals surface area contributed by atoms with E-state index in [2.05, 4.69) is 15.0 Å². The van der Waals surface area contributed by atoms with Gasteiger partial charge in [0, 0.05) is 19.3 Å². The van der Waals surface area contributed by atoms with Crippen molar-refractivity contribution in [2.45, 2.75) is 4.90 Å². The van der Waals surface area contributed by atoms with Crippen molar-refractivity contribution in [3.63, 3.8) is 0 Å². The Balaban J connectivity index is 1.65. The van der Waals surface area contributed by atoms with E-state index in [1.807, 2.05) is 6.07 Å². The SMILES string of the molecule is COC(=O)c1ccc(C(=O)Nc2cc(S(=O)(=O)N3CCOCC3)ccc2Oc2ccccc2)nc1.